The van der Waals surface area contributed by atoms with E-state index in [1.54, 1.807) is 0 Å². The van der Waals surface area contributed by atoms with Crippen molar-refractivity contribution < 1.29 is 4.79 Å². The number of rotatable bonds is 3. The predicted octanol–water partition coefficient (Wildman–Crippen LogP) is 2.02. The molecule has 0 aromatic heterocycles. The summed E-state index contributed by atoms with van der Waals surface area (Å²) in [5.41, 5.74) is 0.438. The lowest BCUT2D eigenvalue weighted by atomic mass is 9.91. The molecule has 0 radical (unpaired) electrons. The lowest BCUT2D eigenvalue weighted by molar-refractivity contribution is -0.129. The first kappa shape index (κ1) is 12.9. The number of carbonyl (C=O) groups excluding carboxylic acids is 1. The summed E-state index contributed by atoms with van der Waals surface area (Å²) in [5, 5.41) is 3.47. The van der Waals surface area contributed by atoms with Crippen LogP contribution in [0.1, 0.15) is 46.5 Å². The van der Waals surface area contributed by atoms with E-state index in [1.165, 1.54) is 25.7 Å². The van der Waals surface area contributed by atoms with Crippen molar-refractivity contribution in [3.8, 4) is 0 Å². The molecule has 0 aromatic carbocycles. The number of hydrogen-bond acceptors (Lipinski definition) is 2. The van der Waals surface area contributed by atoms with Crippen LogP contribution in [0.15, 0.2) is 0 Å². The molecule has 2 aliphatic rings. The van der Waals surface area contributed by atoms with E-state index in [0.29, 0.717) is 29.8 Å². The monoisotopic (exact) mass is 238 g/mol. The summed E-state index contributed by atoms with van der Waals surface area (Å²) >= 11 is 0. The van der Waals surface area contributed by atoms with Gasteiger partial charge in [-0.2, -0.15) is 0 Å². The van der Waals surface area contributed by atoms with Crippen LogP contribution >= 0.6 is 0 Å². The Balaban J connectivity index is 1.76. The van der Waals surface area contributed by atoms with Crippen LogP contribution in [0.3, 0.4) is 0 Å². The first-order chi connectivity index (χ1) is 7.98. The van der Waals surface area contributed by atoms with Crippen molar-refractivity contribution in [2.45, 2.75) is 52.5 Å². The van der Waals surface area contributed by atoms with E-state index in [4.69, 9.17) is 0 Å². The molecule has 3 nitrogen and oxygen atoms in total. The summed E-state index contributed by atoms with van der Waals surface area (Å²) in [6.07, 6.45) is 4.82. The Morgan fingerprint density at radius 2 is 1.94 bits per heavy atom. The lowest BCUT2D eigenvalue weighted by Crippen LogP contribution is -2.41. The molecule has 1 N–H and O–H groups in total. The maximum atomic E-state index is 11.9. The number of hydrogen-bond donors (Lipinski definition) is 1. The van der Waals surface area contributed by atoms with Crippen molar-refractivity contribution in [1.82, 2.24) is 10.2 Å². The van der Waals surface area contributed by atoms with Crippen LogP contribution in [0, 0.1) is 11.3 Å². The van der Waals surface area contributed by atoms with Crippen molar-refractivity contribution in [2.24, 2.45) is 11.3 Å². The second kappa shape index (κ2) is 4.97. The van der Waals surface area contributed by atoms with Crippen molar-refractivity contribution >= 4 is 5.91 Å². The highest BCUT2D eigenvalue weighted by atomic mass is 16.2. The highest BCUT2D eigenvalue weighted by molar-refractivity contribution is 5.78. The van der Waals surface area contributed by atoms with Gasteiger partial charge in [-0.15, -0.1) is 0 Å². The molecular formula is C14H26N2O. The smallest absolute Gasteiger partial charge is 0.236 e. The number of carbonyl (C=O) groups is 1. The van der Waals surface area contributed by atoms with Gasteiger partial charge in [0.25, 0.3) is 0 Å². The largest absolute Gasteiger partial charge is 0.342 e. The lowest BCUT2D eigenvalue weighted by Gasteiger charge is -2.21. The number of amides is 1. The molecule has 98 valence electrons. The van der Waals surface area contributed by atoms with Gasteiger partial charge in [0.15, 0.2) is 0 Å². The normalized spacial score (nSPS) is 32.1. The molecule has 2 fully saturated rings. The highest BCUT2D eigenvalue weighted by Gasteiger charge is 2.36. The number of likely N-dealkylation sites (tertiary alicyclic amines) is 1. The summed E-state index contributed by atoms with van der Waals surface area (Å²) in [4.78, 5) is 13.9. The summed E-state index contributed by atoms with van der Waals surface area (Å²) in [6, 6.07) is 0.525. The first-order valence-corrected chi connectivity index (χ1v) is 6.99. The minimum absolute atomic E-state index is 0.291. The third-order valence-electron chi connectivity index (χ3n) is 4.31. The van der Waals surface area contributed by atoms with E-state index in [1.807, 2.05) is 4.90 Å². The molecule has 17 heavy (non-hydrogen) atoms. The predicted molar refractivity (Wildman–Crippen MR) is 69.8 cm³/mol. The molecule has 0 bridgehead atoms. The second-order valence-electron chi connectivity index (χ2n) is 6.63. The fourth-order valence-corrected chi connectivity index (χ4v) is 3.46. The Morgan fingerprint density at radius 3 is 2.47 bits per heavy atom. The van der Waals surface area contributed by atoms with Crippen LogP contribution in [-0.4, -0.2) is 36.5 Å². The maximum Gasteiger partial charge on any atom is 0.236 e. The van der Waals surface area contributed by atoms with E-state index in [9.17, 15) is 4.79 Å². The Hall–Kier alpha value is -0.570. The van der Waals surface area contributed by atoms with Crippen LogP contribution in [-0.2, 0) is 4.79 Å². The quantitative estimate of drug-likeness (QED) is 0.816. The van der Waals surface area contributed by atoms with Crippen LogP contribution < -0.4 is 5.32 Å². The van der Waals surface area contributed by atoms with Gasteiger partial charge >= 0.3 is 0 Å². The van der Waals surface area contributed by atoms with Gasteiger partial charge in [-0.1, -0.05) is 20.8 Å². The molecule has 0 aromatic rings. The standard InChI is InChI=1S/C14H26N2O/c1-11-8-14(2,3)9-12(11)15-10-13(17)16-6-4-5-7-16/h11-12,15H,4-10H2,1-3H3. The van der Waals surface area contributed by atoms with Crippen LogP contribution in [0.5, 0.6) is 0 Å². The summed E-state index contributed by atoms with van der Waals surface area (Å²) in [7, 11) is 0. The highest BCUT2D eigenvalue weighted by Crippen LogP contribution is 2.40. The summed E-state index contributed by atoms with van der Waals surface area (Å²) in [6.45, 7) is 9.41. The van der Waals surface area contributed by atoms with E-state index in [-0.39, 0.29) is 0 Å². The molecule has 0 spiro atoms. The zero-order chi connectivity index (χ0) is 12.5. The molecule has 1 aliphatic heterocycles. The average molecular weight is 238 g/mol. The average Bonchev–Trinajstić information content (AvgIpc) is 2.82. The molecule has 1 aliphatic carbocycles. The minimum atomic E-state index is 0.291. The fraction of sp³-hybridized carbons (Fsp3) is 0.929. The Kier molecular flexibility index (Phi) is 3.76. The van der Waals surface area contributed by atoms with Crippen LogP contribution in [0.25, 0.3) is 0 Å². The molecule has 1 heterocycles. The van der Waals surface area contributed by atoms with Crippen molar-refractivity contribution in [1.29, 1.82) is 0 Å². The summed E-state index contributed by atoms with van der Waals surface area (Å²) in [5.74, 6) is 0.982. The van der Waals surface area contributed by atoms with Gasteiger partial charge in [0.2, 0.25) is 5.91 Å². The molecule has 1 saturated carbocycles. The third kappa shape index (κ3) is 3.21. The number of nitrogens with one attached hydrogen (secondary N) is 1. The van der Waals surface area contributed by atoms with Crippen molar-refractivity contribution in [3.63, 3.8) is 0 Å². The van der Waals surface area contributed by atoms with Gasteiger partial charge in [-0.25, -0.2) is 0 Å². The van der Waals surface area contributed by atoms with E-state index < -0.39 is 0 Å². The maximum absolute atomic E-state index is 11.9. The molecule has 2 rings (SSSR count). The SMILES string of the molecule is CC1CC(C)(C)CC1NCC(=O)N1CCCC1. The fourth-order valence-electron chi connectivity index (χ4n) is 3.46. The first-order valence-electron chi connectivity index (χ1n) is 6.99. The Morgan fingerprint density at radius 1 is 1.29 bits per heavy atom. The Labute approximate surface area is 105 Å². The molecule has 2 unspecified atom stereocenters. The van der Waals surface area contributed by atoms with Gasteiger partial charge in [0, 0.05) is 19.1 Å². The van der Waals surface area contributed by atoms with Crippen LogP contribution in [0.4, 0.5) is 0 Å². The molecule has 3 heteroatoms. The van der Waals surface area contributed by atoms with E-state index in [2.05, 4.69) is 26.1 Å². The topological polar surface area (TPSA) is 32.3 Å². The van der Waals surface area contributed by atoms with E-state index >= 15 is 0 Å². The van der Waals surface area contributed by atoms with E-state index in [0.717, 1.165) is 13.1 Å². The van der Waals surface area contributed by atoms with Crippen LogP contribution in [0.2, 0.25) is 0 Å². The van der Waals surface area contributed by atoms with Gasteiger partial charge in [-0.05, 0) is 37.0 Å². The van der Waals surface area contributed by atoms with Gasteiger partial charge < -0.3 is 10.2 Å². The zero-order valence-electron chi connectivity index (χ0n) is 11.5. The van der Waals surface area contributed by atoms with Crippen molar-refractivity contribution in [3.05, 3.63) is 0 Å². The summed E-state index contributed by atoms with van der Waals surface area (Å²) < 4.78 is 0. The molecular weight excluding hydrogens is 212 g/mol. The Bertz CT molecular complexity index is 282. The molecule has 1 amide bonds. The van der Waals surface area contributed by atoms with Gasteiger partial charge in [0.05, 0.1) is 6.54 Å². The third-order valence-corrected chi connectivity index (χ3v) is 4.31. The molecule has 2 atom stereocenters. The molecule has 1 saturated heterocycles. The second-order valence-corrected chi connectivity index (χ2v) is 6.63. The number of nitrogens with zero attached hydrogens (tertiary/aromatic N) is 1. The van der Waals surface area contributed by atoms with Crippen molar-refractivity contribution in [2.75, 3.05) is 19.6 Å². The minimum Gasteiger partial charge on any atom is -0.342 e. The van der Waals surface area contributed by atoms with Gasteiger partial charge in [0.1, 0.15) is 0 Å². The van der Waals surface area contributed by atoms with Gasteiger partial charge in [-0.3, -0.25) is 4.79 Å². The zero-order valence-corrected chi connectivity index (χ0v) is 11.5.